The zero-order chi connectivity index (χ0) is 13.2. The monoisotopic (exact) mass is 270 g/mol. The van der Waals surface area contributed by atoms with Gasteiger partial charge in [0, 0.05) is 32.7 Å². The molecule has 0 aromatic carbocycles. The molecule has 5 nitrogen and oxygen atoms in total. The fourth-order valence-corrected chi connectivity index (χ4v) is 2.43. The minimum atomic E-state index is -0.644. The number of β-amino-alcohol motifs (C(OH)–C–C–N with tert-alkyl or cyclic N) is 1. The number of nitrogens with zero attached hydrogens (tertiary/aromatic N) is 4. The summed E-state index contributed by atoms with van der Waals surface area (Å²) < 4.78 is 0. The van der Waals surface area contributed by atoms with Crippen molar-refractivity contribution in [3.8, 4) is 0 Å². The van der Waals surface area contributed by atoms with E-state index in [2.05, 4.69) is 19.8 Å². The van der Waals surface area contributed by atoms with Crippen molar-refractivity contribution in [1.82, 2.24) is 14.9 Å². The smallest absolute Gasteiger partial charge is 0.150 e. The molecule has 2 rings (SSSR count). The Morgan fingerprint density at radius 2 is 2.00 bits per heavy atom. The summed E-state index contributed by atoms with van der Waals surface area (Å²) in [6.45, 7) is 7.91. The normalized spacial score (nSPS) is 18.1. The quantitative estimate of drug-likeness (QED) is 0.889. The molecule has 1 aromatic rings. The van der Waals surface area contributed by atoms with Gasteiger partial charge in [0.15, 0.2) is 5.82 Å². The van der Waals surface area contributed by atoms with Crippen LogP contribution in [0, 0.1) is 0 Å². The molecule has 0 saturated carbocycles. The van der Waals surface area contributed by atoms with Crippen LogP contribution in [-0.2, 0) is 0 Å². The summed E-state index contributed by atoms with van der Waals surface area (Å²) in [6, 6.07) is 0. The van der Waals surface area contributed by atoms with Crippen molar-refractivity contribution in [3.05, 3.63) is 17.5 Å². The fourth-order valence-electron chi connectivity index (χ4n) is 2.20. The SMILES string of the molecule is CC(C)(O)CN1CCN(c2ncncc2Cl)CC1. The molecule has 0 unspecified atom stereocenters. The first kappa shape index (κ1) is 13.5. The van der Waals surface area contributed by atoms with Crippen molar-refractivity contribution in [2.24, 2.45) is 0 Å². The second kappa shape index (κ2) is 5.38. The number of aromatic nitrogens is 2. The lowest BCUT2D eigenvalue weighted by molar-refractivity contribution is 0.0344. The second-order valence-corrected chi connectivity index (χ2v) is 5.68. The molecule has 2 heterocycles. The van der Waals surface area contributed by atoms with Gasteiger partial charge in [-0.2, -0.15) is 0 Å². The minimum Gasteiger partial charge on any atom is -0.389 e. The number of hydrogen-bond donors (Lipinski definition) is 1. The first-order chi connectivity index (χ1) is 8.46. The van der Waals surface area contributed by atoms with E-state index in [-0.39, 0.29) is 0 Å². The number of anilines is 1. The van der Waals surface area contributed by atoms with Gasteiger partial charge in [-0.05, 0) is 13.8 Å². The predicted octanol–water partition coefficient (Wildman–Crippen LogP) is 1.02. The predicted molar refractivity (Wildman–Crippen MR) is 72.0 cm³/mol. The lowest BCUT2D eigenvalue weighted by Gasteiger charge is -2.37. The Labute approximate surface area is 112 Å². The molecule has 0 amide bonds. The number of halogens is 1. The van der Waals surface area contributed by atoms with Crippen molar-refractivity contribution in [3.63, 3.8) is 0 Å². The zero-order valence-corrected chi connectivity index (χ0v) is 11.6. The van der Waals surface area contributed by atoms with Crippen LogP contribution in [-0.4, -0.2) is 58.3 Å². The molecule has 0 radical (unpaired) electrons. The van der Waals surface area contributed by atoms with Crippen LogP contribution in [0.3, 0.4) is 0 Å². The maximum Gasteiger partial charge on any atom is 0.150 e. The highest BCUT2D eigenvalue weighted by atomic mass is 35.5. The number of hydrogen-bond acceptors (Lipinski definition) is 5. The Hall–Kier alpha value is -0.910. The summed E-state index contributed by atoms with van der Waals surface area (Å²) >= 11 is 6.08. The van der Waals surface area contributed by atoms with Crippen molar-refractivity contribution < 1.29 is 5.11 Å². The first-order valence-corrected chi connectivity index (χ1v) is 6.49. The maximum absolute atomic E-state index is 9.80. The summed E-state index contributed by atoms with van der Waals surface area (Å²) in [4.78, 5) is 12.5. The molecule has 0 spiro atoms. The van der Waals surface area contributed by atoms with Gasteiger partial charge in [0.1, 0.15) is 11.3 Å². The summed E-state index contributed by atoms with van der Waals surface area (Å²) in [5, 5.41) is 10.4. The topological polar surface area (TPSA) is 52.5 Å². The highest BCUT2D eigenvalue weighted by Gasteiger charge is 2.24. The van der Waals surface area contributed by atoms with Crippen LogP contribution < -0.4 is 4.90 Å². The van der Waals surface area contributed by atoms with Crippen LogP contribution >= 0.6 is 11.6 Å². The van der Waals surface area contributed by atoms with Gasteiger partial charge in [-0.15, -0.1) is 0 Å². The van der Waals surface area contributed by atoms with Crippen LogP contribution in [0.5, 0.6) is 0 Å². The Kier molecular flexibility index (Phi) is 4.04. The molecule has 1 aromatic heterocycles. The summed E-state index contributed by atoms with van der Waals surface area (Å²) in [6.07, 6.45) is 3.14. The van der Waals surface area contributed by atoms with Crippen molar-refractivity contribution >= 4 is 17.4 Å². The van der Waals surface area contributed by atoms with E-state index in [9.17, 15) is 5.11 Å². The molecular weight excluding hydrogens is 252 g/mol. The third kappa shape index (κ3) is 3.54. The summed E-state index contributed by atoms with van der Waals surface area (Å²) in [7, 11) is 0. The average molecular weight is 271 g/mol. The highest BCUT2D eigenvalue weighted by molar-refractivity contribution is 6.32. The molecule has 100 valence electrons. The van der Waals surface area contributed by atoms with Crippen LogP contribution in [0.15, 0.2) is 12.5 Å². The van der Waals surface area contributed by atoms with Crippen LogP contribution in [0.2, 0.25) is 5.02 Å². The number of piperazine rings is 1. The molecule has 1 aliphatic heterocycles. The highest BCUT2D eigenvalue weighted by Crippen LogP contribution is 2.22. The van der Waals surface area contributed by atoms with Crippen molar-refractivity contribution in [2.75, 3.05) is 37.6 Å². The van der Waals surface area contributed by atoms with E-state index in [1.165, 1.54) is 6.33 Å². The molecule has 6 heteroatoms. The van der Waals surface area contributed by atoms with Crippen LogP contribution in [0.1, 0.15) is 13.8 Å². The average Bonchev–Trinajstić information content (AvgIpc) is 2.29. The molecule has 0 atom stereocenters. The molecule has 1 aliphatic rings. The largest absolute Gasteiger partial charge is 0.389 e. The number of rotatable bonds is 3. The van der Waals surface area contributed by atoms with E-state index in [1.54, 1.807) is 6.20 Å². The van der Waals surface area contributed by atoms with Crippen molar-refractivity contribution in [2.45, 2.75) is 19.4 Å². The first-order valence-electron chi connectivity index (χ1n) is 6.11. The van der Waals surface area contributed by atoms with Crippen LogP contribution in [0.4, 0.5) is 5.82 Å². The molecule has 1 fully saturated rings. The third-order valence-electron chi connectivity index (χ3n) is 2.93. The standard InChI is InChI=1S/C12H19ClN4O/c1-12(2,18)8-16-3-5-17(6-4-16)11-10(13)7-14-9-15-11/h7,9,18H,3-6,8H2,1-2H3. The van der Waals surface area contributed by atoms with Gasteiger partial charge in [-0.25, -0.2) is 9.97 Å². The van der Waals surface area contributed by atoms with E-state index in [0.29, 0.717) is 11.6 Å². The van der Waals surface area contributed by atoms with E-state index >= 15 is 0 Å². The lowest BCUT2D eigenvalue weighted by atomic mass is 10.1. The van der Waals surface area contributed by atoms with Gasteiger partial charge in [0.2, 0.25) is 0 Å². The maximum atomic E-state index is 9.80. The van der Waals surface area contributed by atoms with Gasteiger partial charge in [0.05, 0.1) is 11.8 Å². The minimum absolute atomic E-state index is 0.591. The van der Waals surface area contributed by atoms with Gasteiger partial charge in [0.25, 0.3) is 0 Å². The Bertz CT molecular complexity index is 399. The molecular formula is C12H19ClN4O. The lowest BCUT2D eigenvalue weighted by Crippen LogP contribution is -2.50. The molecule has 0 aliphatic carbocycles. The van der Waals surface area contributed by atoms with E-state index in [0.717, 1.165) is 32.0 Å². The summed E-state index contributed by atoms with van der Waals surface area (Å²) in [5.74, 6) is 0.801. The molecule has 18 heavy (non-hydrogen) atoms. The third-order valence-corrected chi connectivity index (χ3v) is 3.20. The van der Waals surface area contributed by atoms with E-state index in [4.69, 9.17) is 11.6 Å². The van der Waals surface area contributed by atoms with Gasteiger partial charge in [-0.3, -0.25) is 4.90 Å². The van der Waals surface area contributed by atoms with Gasteiger partial charge in [-0.1, -0.05) is 11.6 Å². The van der Waals surface area contributed by atoms with Crippen LogP contribution in [0.25, 0.3) is 0 Å². The molecule has 1 saturated heterocycles. The zero-order valence-electron chi connectivity index (χ0n) is 10.8. The molecule has 0 bridgehead atoms. The van der Waals surface area contributed by atoms with E-state index in [1.807, 2.05) is 13.8 Å². The Morgan fingerprint density at radius 1 is 1.33 bits per heavy atom. The Balaban J connectivity index is 1.93. The van der Waals surface area contributed by atoms with Gasteiger partial charge >= 0.3 is 0 Å². The summed E-state index contributed by atoms with van der Waals surface area (Å²) in [5.41, 5.74) is -0.644. The number of aliphatic hydroxyl groups is 1. The van der Waals surface area contributed by atoms with Crippen molar-refractivity contribution in [1.29, 1.82) is 0 Å². The second-order valence-electron chi connectivity index (χ2n) is 5.27. The van der Waals surface area contributed by atoms with E-state index < -0.39 is 5.60 Å². The Morgan fingerprint density at radius 3 is 2.56 bits per heavy atom. The molecule has 1 N–H and O–H groups in total. The fraction of sp³-hybridized carbons (Fsp3) is 0.667. The van der Waals surface area contributed by atoms with Gasteiger partial charge < -0.3 is 10.0 Å².